The molecule has 0 spiro atoms. The number of aromatic nitrogens is 1. The number of nitrogens with zero attached hydrogens (tertiary/aromatic N) is 1. The third-order valence-electron chi connectivity index (χ3n) is 2.50. The molecule has 0 unspecified atom stereocenters. The van der Waals surface area contributed by atoms with Crippen molar-refractivity contribution in [2.45, 2.75) is 6.92 Å². The molecule has 0 aliphatic carbocycles. The van der Waals surface area contributed by atoms with Gasteiger partial charge in [0.1, 0.15) is 17.5 Å². The van der Waals surface area contributed by atoms with Gasteiger partial charge in [-0.15, -0.1) is 0 Å². The minimum Gasteiger partial charge on any atom is -0.397 e. The molecule has 0 aliphatic rings. The molecule has 1 amide bonds. The van der Waals surface area contributed by atoms with E-state index < -0.39 is 17.5 Å². The molecule has 0 saturated carbocycles. The number of nitrogen functional groups attached to an aromatic ring is 1. The molecule has 0 aliphatic heterocycles. The van der Waals surface area contributed by atoms with E-state index >= 15 is 0 Å². The predicted molar refractivity (Wildman–Crippen MR) is 67.7 cm³/mol. The lowest BCUT2D eigenvalue weighted by atomic mass is 10.2. The molecule has 1 heterocycles. The molecule has 0 fully saturated rings. The Morgan fingerprint density at radius 2 is 2.05 bits per heavy atom. The second kappa shape index (κ2) is 5.01. The first-order chi connectivity index (χ1) is 8.97. The first-order valence-corrected chi connectivity index (χ1v) is 5.46. The zero-order valence-corrected chi connectivity index (χ0v) is 10.1. The standard InChI is InChI=1S/C13H11F2N3O/c1-7-4-9(16)6-17-12(7)18-13(19)10-5-8(14)2-3-11(10)15/h2-6H,16H2,1H3,(H,17,18,19). The van der Waals surface area contributed by atoms with Gasteiger partial charge in [-0.2, -0.15) is 0 Å². The maximum absolute atomic E-state index is 13.4. The fourth-order valence-electron chi connectivity index (χ4n) is 1.57. The van der Waals surface area contributed by atoms with Crippen LogP contribution in [0.25, 0.3) is 0 Å². The maximum atomic E-state index is 13.4. The summed E-state index contributed by atoms with van der Waals surface area (Å²) in [5.41, 5.74) is 6.23. The summed E-state index contributed by atoms with van der Waals surface area (Å²) in [5, 5.41) is 2.41. The summed E-state index contributed by atoms with van der Waals surface area (Å²) in [5.74, 6) is -2.00. The van der Waals surface area contributed by atoms with Crippen LogP contribution in [0, 0.1) is 18.6 Å². The number of aryl methyl sites for hydroxylation is 1. The average Bonchev–Trinajstić information content (AvgIpc) is 2.35. The molecule has 0 saturated heterocycles. The van der Waals surface area contributed by atoms with Crippen LogP contribution in [0.4, 0.5) is 20.3 Å². The number of carbonyl (C=O) groups excluding carboxylic acids is 1. The van der Waals surface area contributed by atoms with E-state index in [1.807, 2.05) is 0 Å². The van der Waals surface area contributed by atoms with Crippen LogP contribution in [0.1, 0.15) is 15.9 Å². The quantitative estimate of drug-likeness (QED) is 0.874. The Bertz CT molecular complexity index is 644. The van der Waals surface area contributed by atoms with E-state index in [0.29, 0.717) is 11.3 Å². The van der Waals surface area contributed by atoms with Crippen LogP contribution in [-0.4, -0.2) is 10.9 Å². The molecule has 2 aromatic rings. The molecule has 0 atom stereocenters. The van der Waals surface area contributed by atoms with Crippen molar-refractivity contribution in [2.75, 3.05) is 11.1 Å². The summed E-state index contributed by atoms with van der Waals surface area (Å²) in [6, 6.07) is 4.29. The van der Waals surface area contributed by atoms with Crippen LogP contribution in [0.2, 0.25) is 0 Å². The molecule has 1 aromatic heterocycles. The fraction of sp³-hybridized carbons (Fsp3) is 0.0769. The van der Waals surface area contributed by atoms with E-state index in [2.05, 4.69) is 10.3 Å². The van der Waals surface area contributed by atoms with Gasteiger partial charge in [-0.1, -0.05) is 0 Å². The molecule has 0 bridgehead atoms. The molecule has 4 nitrogen and oxygen atoms in total. The van der Waals surface area contributed by atoms with Crippen molar-refractivity contribution in [3.63, 3.8) is 0 Å². The van der Waals surface area contributed by atoms with Gasteiger partial charge in [0.2, 0.25) is 0 Å². The Labute approximate surface area is 108 Å². The molecule has 0 radical (unpaired) electrons. The van der Waals surface area contributed by atoms with Crippen LogP contribution < -0.4 is 11.1 Å². The molecule has 19 heavy (non-hydrogen) atoms. The normalized spacial score (nSPS) is 10.3. The molecule has 98 valence electrons. The highest BCUT2D eigenvalue weighted by atomic mass is 19.1. The second-order valence-electron chi connectivity index (χ2n) is 4.01. The SMILES string of the molecule is Cc1cc(N)cnc1NC(=O)c1cc(F)ccc1F. The third kappa shape index (κ3) is 2.85. The van der Waals surface area contributed by atoms with Crippen molar-refractivity contribution >= 4 is 17.4 Å². The van der Waals surface area contributed by atoms with Crippen molar-refractivity contribution in [2.24, 2.45) is 0 Å². The zero-order valence-electron chi connectivity index (χ0n) is 10.1. The summed E-state index contributed by atoms with van der Waals surface area (Å²) < 4.78 is 26.4. The highest BCUT2D eigenvalue weighted by molar-refractivity contribution is 6.04. The fourth-order valence-corrected chi connectivity index (χ4v) is 1.57. The van der Waals surface area contributed by atoms with E-state index in [4.69, 9.17) is 5.73 Å². The zero-order chi connectivity index (χ0) is 14.0. The summed E-state index contributed by atoms with van der Waals surface area (Å²) >= 11 is 0. The van der Waals surface area contributed by atoms with Crippen molar-refractivity contribution in [3.8, 4) is 0 Å². The van der Waals surface area contributed by atoms with Crippen molar-refractivity contribution in [1.82, 2.24) is 4.98 Å². The van der Waals surface area contributed by atoms with Crippen molar-refractivity contribution < 1.29 is 13.6 Å². The number of anilines is 2. The van der Waals surface area contributed by atoms with E-state index in [0.717, 1.165) is 18.2 Å². The van der Waals surface area contributed by atoms with Gasteiger partial charge in [0.05, 0.1) is 17.4 Å². The van der Waals surface area contributed by atoms with Crippen LogP contribution >= 0.6 is 0 Å². The number of hydrogen-bond donors (Lipinski definition) is 2. The van der Waals surface area contributed by atoms with Gasteiger partial charge in [0.15, 0.2) is 0 Å². The van der Waals surface area contributed by atoms with E-state index in [1.54, 1.807) is 13.0 Å². The van der Waals surface area contributed by atoms with Crippen LogP contribution in [0.5, 0.6) is 0 Å². The molecule has 2 rings (SSSR count). The number of amides is 1. The average molecular weight is 263 g/mol. The van der Waals surface area contributed by atoms with E-state index in [-0.39, 0.29) is 11.4 Å². The number of halogens is 2. The van der Waals surface area contributed by atoms with Crippen LogP contribution in [0.15, 0.2) is 30.5 Å². The number of carbonyl (C=O) groups is 1. The first kappa shape index (κ1) is 12.9. The minimum absolute atomic E-state index is 0.253. The van der Waals surface area contributed by atoms with Gasteiger partial charge in [-0.05, 0) is 36.8 Å². The maximum Gasteiger partial charge on any atom is 0.259 e. The lowest BCUT2D eigenvalue weighted by molar-refractivity contribution is 0.102. The summed E-state index contributed by atoms with van der Waals surface area (Å²) in [6.45, 7) is 1.70. The van der Waals surface area contributed by atoms with Gasteiger partial charge < -0.3 is 11.1 Å². The molecular formula is C13H11F2N3O. The van der Waals surface area contributed by atoms with E-state index in [1.165, 1.54) is 6.20 Å². The topological polar surface area (TPSA) is 68.0 Å². The van der Waals surface area contributed by atoms with Gasteiger partial charge in [0.25, 0.3) is 5.91 Å². The van der Waals surface area contributed by atoms with Gasteiger partial charge in [-0.25, -0.2) is 13.8 Å². The number of pyridine rings is 1. The summed E-state index contributed by atoms with van der Waals surface area (Å²) in [7, 11) is 0. The monoisotopic (exact) mass is 263 g/mol. The molecule has 6 heteroatoms. The third-order valence-corrected chi connectivity index (χ3v) is 2.50. The number of rotatable bonds is 2. The van der Waals surface area contributed by atoms with Crippen LogP contribution in [0.3, 0.4) is 0 Å². The lowest BCUT2D eigenvalue weighted by Crippen LogP contribution is -2.16. The Balaban J connectivity index is 2.28. The van der Waals surface area contributed by atoms with Gasteiger partial charge in [-0.3, -0.25) is 4.79 Å². The summed E-state index contributed by atoms with van der Waals surface area (Å²) in [6.07, 6.45) is 1.37. The number of hydrogen-bond acceptors (Lipinski definition) is 3. The Morgan fingerprint density at radius 1 is 1.32 bits per heavy atom. The van der Waals surface area contributed by atoms with Crippen molar-refractivity contribution in [3.05, 3.63) is 53.2 Å². The first-order valence-electron chi connectivity index (χ1n) is 5.46. The van der Waals surface area contributed by atoms with Crippen molar-refractivity contribution in [1.29, 1.82) is 0 Å². The predicted octanol–water partition coefficient (Wildman–Crippen LogP) is 2.50. The smallest absolute Gasteiger partial charge is 0.259 e. The Hall–Kier alpha value is -2.50. The number of nitrogens with two attached hydrogens (primary N) is 1. The highest BCUT2D eigenvalue weighted by Crippen LogP contribution is 2.16. The number of benzene rings is 1. The lowest BCUT2D eigenvalue weighted by Gasteiger charge is -2.08. The molecular weight excluding hydrogens is 252 g/mol. The molecule has 3 N–H and O–H groups in total. The Kier molecular flexibility index (Phi) is 3.41. The van der Waals surface area contributed by atoms with Gasteiger partial charge in [0, 0.05) is 0 Å². The van der Waals surface area contributed by atoms with Crippen LogP contribution in [-0.2, 0) is 0 Å². The highest BCUT2D eigenvalue weighted by Gasteiger charge is 2.14. The minimum atomic E-state index is -0.799. The van der Waals surface area contributed by atoms with E-state index in [9.17, 15) is 13.6 Å². The Morgan fingerprint density at radius 3 is 2.74 bits per heavy atom. The van der Waals surface area contributed by atoms with Gasteiger partial charge >= 0.3 is 0 Å². The largest absolute Gasteiger partial charge is 0.397 e. The molecule has 1 aromatic carbocycles. The summed E-state index contributed by atoms with van der Waals surface area (Å²) in [4.78, 5) is 15.8. The number of nitrogens with one attached hydrogen (secondary N) is 1. The second-order valence-corrected chi connectivity index (χ2v) is 4.01.